The van der Waals surface area contributed by atoms with Gasteiger partial charge in [-0.25, -0.2) is 0 Å². The molecular formula is C19H28N2O3. The Labute approximate surface area is 144 Å². The largest absolute Gasteiger partial charge is 0.377 e. The molecule has 1 heterocycles. The molecule has 0 radical (unpaired) electrons. The fraction of sp³-hybridized carbons (Fsp3) is 0.579. The normalized spacial score (nSPS) is 20.7. The summed E-state index contributed by atoms with van der Waals surface area (Å²) in [7, 11) is 3.45. The van der Waals surface area contributed by atoms with Crippen LogP contribution in [0, 0.1) is 11.8 Å². The van der Waals surface area contributed by atoms with Gasteiger partial charge >= 0.3 is 0 Å². The highest BCUT2D eigenvalue weighted by molar-refractivity contribution is 5.93. The minimum Gasteiger partial charge on any atom is -0.377 e. The summed E-state index contributed by atoms with van der Waals surface area (Å²) in [4.78, 5) is 26.2. The third-order valence-electron chi connectivity index (χ3n) is 4.58. The zero-order chi connectivity index (χ0) is 17.7. The molecule has 5 heteroatoms. The van der Waals surface area contributed by atoms with Crippen molar-refractivity contribution >= 4 is 11.8 Å². The van der Waals surface area contributed by atoms with Gasteiger partial charge in [-0.3, -0.25) is 9.59 Å². The number of carbonyl (C=O) groups excluding carboxylic acids is 2. The quantitative estimate of drug-likeness (QED) is 0.901. The summed E-state index contributed by atoms with van der Waals surface area (Å²) in [6.45, 7) is 5.49. The minimum absolute atomic E-state index is 0.00401. The van der Waals surface area contributed by atoms with Crippen molar-refractivity contribution < 1.29 is 14.3 Å². The zero-order valence-electron chi connectivity index (χ0n) is 15.0. The standard InChI is InChI=1S/C19H28N2O3/c1-13(2)17-16(6-5-11-24-17)19(23)21(4)12-14-7-9-15(10-8-14)18(22)20-3/h7-10,13,16-17H,5-6,11-12H2,1-4H3,(H,20,22)/t16-,17+/m0/s1. The maximum absolute atomic E-state index is 12.8. The fourth-order valence-electron chi connectivity index (χ4n) is 3.26. The van der Waals surface area contributed by atoms with Gasteiger partial charge in [-0.05, 0) is 36.5 Å². The van der Waals surface area contributed by atoms with E-state index in [1.54, 1.807) is 24.1 Å². The average Bonchev–Trinajstić information content (AvgIpc) is 2.60. The van der Waals surface area contributed by atoms with Crippen LogP contribution in [-0.4, -0.2) is 43.5 Å². The summed E-state index contributed by atoms with van der Waals surface area (Å²) in [6, 6.07) is 7.36. The molecule has 1 saturated heterocycles. The molecule has 1 aromatic rings. The number of rotatable bonds is 5. The molecule has 0 bridgehead atoms. The lowest BCUT2D eigenvalue weighted by atomic mass is 9.86. The Hall–Kier alpha value is -1.88. The maximum atomic E-state index is 12.8. The first kappa shape index (κ1) is 18.5. The molecule has 0 spiro atoms. The number of ether oxygens (including phenoxy) is 1. The van der Waals surface area contributed by atoms with E-state index in [2.05, 4.69) is 19.2 Å². The molecule has 2 atom stereocenters. The number of carbonyl (C=O) groups is 2. The van der Waals surface area contributed by atoms with E-state index in [1.165, 1.54) is 0 Å². The van der Waals surface area contributed by atoms with Gasteiger partial charge in [-0.1, -0.05) is 26.0 Å². The molecule has 2 rings (SSSR count). The molecule has 1 aliphatic heterocycles. The molecule has 1 fully saturated rings. The van der Waals surface area contributed by atoms with Gasteiger partial charge in [0, 0.05) is 32.8 Å². The first-order chi connectivity index (χ1) is 11.4. The molecule has 1 aromatic carbocycles. The Bertz CT molecular complexity index is 568. The number of hydrogen-bond donors (Lipinski definition) is 1. The van der Waals surface area contributed by atoms with Gasteiger partial charge in [-0.2, -0.15) is 0 Å². The SMILES string of the molecule is CNC(=O)c1ccc(CN(C)C(=O)[C@H]2CCCO[C@@H]2C(C)C)cc1. The van der Waals surface area contributed by atoms with Crippen LogP contribution in [0.2, 0.25) is 0 Å². The molecule has 1 N–H and O–H groups in total. The Kier molecular flexibility index (Phi) is 6.37. The molecule has 0 saturated carbocycles. The van der Waals surface area contributed by atoms with Gasteiger partial charge in [0.15, 0.2) is 0 Å². The second-order valence-electron chi connectivity index (χ2n) is 6.80. The first-order valence-electron chi connectivity index (χ1n) is 8.61. The smallest absolute Gasteiger partial charge is 0.251 e. The van der Waals surface area contributed by atoms with Crippen LogP contribution in [0.5, 0.6) is 0 Å². The Morgan fingerprint density at radius 2 is 1.96 bits per heavy atom. The lowest BCUT2D eigenvalue weighted by Crippen LogP contribution is -2.44. The van der Waals surface area contributed by atoms with Crippen molar-refractivity contribution in [3.8, 4) is 0 Å². The highest BCUT2D eigenvalue weighted by atomic mass is 16.5. The fourth-order valence-corrected chi connectivity index (χ4v) is 3.26. The first-order valence-corrected chi connectivity index (χ1v) is 8.61. The maximum Gasteiger partial charge on any atom is 0.251 e. The molecule has 0 aliphatic carbocycles. The Balaban J connectivity index is 2.01. The van der Waals surface area contributed by atoms with E-state index < -0.39 is 0 Å². The van der Waals surface area contributed by atoms with Crippen LogP contribution in [0.1, 0.15) is 42.6 Å². The van der Waals surface area contributed by atoms with Crippen LogP contribution < -0.4 is 5.32 Å². The van der Waals surface area contributed by atoms with Crippen molar-refractivity contribution in [1.82, 2.24) is 10.2 Å². The van der Waals surface area contributed by atoms with Gasteiger partial charge in [0.25, 0.3) is 5.91 Å². The lowest BCUT2D eigenvalue weighted by Gasteiger charge is -2.35. The highest BCUT2D eigenvalue weighted by Gasteiger charge is 2.35. The lowest BCUT2D eigenvalue weighted by molar-refractivity contribution is -0.147. The number of nitrogens with one attached hydrogen (secondary N) is 1. The molecule has 132 valence electrons. The molecule has 24 heavy (non-hydrogen) atoms. The zero-order valence-corrected chi connectivity index (χ0v) is 15.0. The van der Waals surface area contributed by atoms with E-state index in [-0.39, 0.29) is 23.8 Å². The topological polar surface area (TPSA) is 58.6 Å². The van der Waals surface area contributed by atoms with Gasteiger partial charge < -0.3 is 15.0 Å². The number of nitrogens with zero attached hydrogens (tertiary/aromatic N) is 1. The predicted molar refractivity (Wildman–Crippen MR) is 93.6 cm³/mol. The van der Waals surface area contributed by atoms with Gasteiger partial charge in [0.1, 0.15) is 0 Å². The van der Waals surface area contributed by atoms with E-state index in [1.807, 2.05) is 19.2 Å². The third-order valence-corrected chi connectivity index (χ3v) is 4.58. The summed E-state index contributed by atoms with van der Waals surface area (Å²) in [5.74, 6) is 0.308. The molecule has 1 aliphatic rings. The van der Waals surface area contributed by atoms with Crippen molar-refractivity contribution in [3.05, 3.63) is 35.4 Å². The van der Waals surface area contributed by atoms with Crippen LogP contribution in [0.3, 0.4) is 0 Å². The van der Waals surface area contributed by atoms with E-state index in [0.717, 1.165) is 25.0 Å². The van der Waals surface area contributed by atoms with Crippen LogP contribution >= 0.6 is 0 Å². The number of hydrogen-bond acceptors (Lipinski definition) is 3. The highest BCUT2D eigenvalue weighted by Crippen LogP contribution is 2.28. The monoisotopic (exact) mass is 332 g/mol. The van der Waals surface area contributed by atoms with Crippen molar-refractivity contribution in [2.45, 2.75) is 39.3 Å². The number of amides is 2. The second-order valence-corrected chi connectivity index (χ2v) is 6.80. The summed E-state index contributed by atoms with van der Waals surface area (Å²) in [5, 5.41) is 2.60. The predicted octanol–water partition coefficient (Wildman–Crippen LogP) is 2.46. The number of benzene rings is 1. The van der Waals surface area contributed by atoms with Gasteiger partial charge in [0.05, 0.1) is 12.0 Å². The molecule has 2 amide bonds. The second kappa shape index (κ2) is 8.29. The molecule has 5 nitrogen and oxygen atoms in total. The Morgan fingerprint density at radius 3 is 2.54 bits per heavy atom. The van der Waals surface area contributed by atoms with Crippen LogP contribution in [0.4, 0.5) is 0 Å². The summed E-state index contributed by atoms with van der Waals surface area (Å²) < 4.78 is 5.84. The summed E-state index contributed by atoms with van der Waals surface area (Å²) >= 11 is 0. The van der Waals surface area contributed by atoms with Gasteiger partial charge in [-0.15, -0.1) is 0 Å². The van der Waals surface area contributed by atoms with E-state index in [9.17, 15) is 9.59 Å². The summed E-state index contributed by atoms with van der Waals surface area (Å²) in [6.07, 6.45) is 1.83. The van der Waals surface area contributed by atoms with Crippen molar-refractivity contribution in [2.75, 3.05) is 20.7 Å². The van der Waals surface area contributed by atoms with Gasteiger partial charge in [0.2, 0.25) is 5.91 Å². The van der Waals surface area contributed by atoms with E-state index >= 15 is 0 Å². The Morgan fingerprint density at radius 1 is 1.29 bits per heavy atom. The molecular weight excluding hydrogens is 304 g/mol. The van der Waals surface area contributed by atoms with Crippen molar-refractivity contribution in [1.29, 1.82) is 0 Å². The minimum atomic E-state index is -0.106. The van der Waals surface area contributed by atoms with E-state index in [4.69, 9.17) is 4.74 Å². The average molecular weight is 332 g/mol. The third kappa shape index (κ3) is 4.35. The molecule has 0 aromatic heterocycles. The molecule has 0 unspecified atom stereocenters. The van der Waals surface area contributed by atoms with Crippen LogP contribution in [-0.2, 0) is 16.1 Å². The van der Waals surface area contributed by atoms with Crippen LogP contribution in [0.25, 0.3) is 0 Å². The van der Waals surface area contributed by atoms with Crippen LogP contribution in [0.15, 0.2) is 24.3 Å². The van der Waals surface area contributed by atoms with Crippen molar-refractivity contribution in [2.24, 2.45) is 11.8 Å². The van der Waals surface area contributed by atoms with E-state index in [0.29, 0.717) is 18.0 Å². The summed E-state index contributed by atoms with van der Waals surface area (Å²) in [5.41, 5.74) is 1.63. The van der Waals surface area contributed by atoms with Crippen molar-refractivity contribution in [3.63, 3.8) is 0 Å².